The number of carbonyl (C=O) groups is 2. The average Bonchev–Trinajstić information content (AvgIpc) is 2.82. The van der Waals surface area contributed by atoms with Crippen molar-refractivity contribution in [3.63, 3.8) is 0 Å². The van der Waals surface area contributed by atoms with Gasteiger partial charge in [0.25, 0.3) is 0 Å². The van der Waals surface area contributed by atoms with Crippen LogP contribution in [0.15, 0.2) is 78.9 Å². The molecule has 0 fully saturated rings. The van der Waals surface area contributed by atoms with E-state index in [2.05, 4.69) is 0 Å². The van der Waals surface area contributed by atoms with Gasteiger partial charge in [-0.3, -0.25) is 0 Å². The number of hydrogen-bond donors (Lipinski definition) is 0. The molecule has 0 aliphatic rings. The van der Waals surface area contributed by atoms with Gasteiger partial charge in [0.05, 0.1) is 0 Å². The summed E-state index contributed by atoms with van der Waals surface area (Å²) < 4.78 is 23.5. The standard InChI is InChI=1S/2C10H12O3.C6H5.Sb/c2*1-7-3-5-9(6-4-7)13-8(2)10(11)12;1-2-4-6-5-3-1;/h2*3-6,8H,1-2H3,(H,11,12);1-5H;/q;;;+2/p-2. The van der Waals surface area contributed by atoms with E-state index in [9.17, 15) is 9.59 Å². The second-order valence-electron chi connectivity index (χ2n) is 7.56. The van der Waals surface area contributed by atoms with Crippen LogP contribution in [-0.4, -0.2) is 45.2 Å². The van der Waals surface area contributed by atoms with Crippen molar-refractivity contribution in [2.24, 2.45) is 0 Å². The van der Waals surface area contributed by atoms with Gasteiger partial charge in [0.1, 0.15) is 0 Å². The van der Waals surface area contributed by atoms with E-state index in [1.165, 1.54) is 0 Å². The molecule has 0 radical (unpaired) electrons. The van der Waals surface area contributed by atoms with Gasteiger partial charge in [-0.05, 0) is 0 Å². The Labute approximate surface area is 202 Å². The van der Waals surface area contributed by atoms with E-state index in [-0.39, 0.29) is 0 Å². The molecule has 172 valence electrons. The SMILES string of the molecule is Cc1ccc(OC(C)C(=O)[O][Sb]([O]C(=O)C(C)Oc2ccc(C)cc2)[c]2ccccc2)cc1. The average molecular weight is 557 g/mol. The number of rotatable bonds is 9. The molecule has 3 rings (SSSR count). The molecule has 0 saturated heterocycles. The van der Waals surface area contributed by atoms with E-state index >= 15 is 0 Å². The number of ether oxygens (including phenoxy) is 2. The van der Waals surface area contributed by atoms with Crippen molar-refractivity contribution in [3.05, 3.63) is 90.0 Å². The molecule has 0 saturated carbocycles. The van der Waals surface area contributed by atoms with Gasteiger partial charge in [-0.1, -0.05) is 0 Å². The fraction of sp³-hybridized carbons (Fsp3) is 0.231. The van der Waals surface area contributed by atoms with Gasteiger partial charge in [-0.2, -0.15) is 0 Å². The summed E-state index contributed by atoms with van der Waals surface area (Å²) in [5.41, 5.74) is 2.18. The van der Waals surface area contributed by atoms with Gasteiger partial charge in [0.2, 0.25) is 0 Å². The number of hydrogen-bond acceptors (Lipinski definition) is 6. The first-order valence-electron chi connectivity index (χ1n) is 10.6. The van der Waals surface area contributed by atoms with E-state index in [1.807, 2.05) is 56.3 Å². The third-order valence-electron chi connectivity index (χ3n) is 4.64. The molecule has 3 aromatic rings. The molecule has 0 spiro atoms. The van der Waals surface area contributed by atoms with Crippen molar-refractivity contribution in [3.8, 4) is 11.5 Å². The summed E-state index contributed by atoms with van der Waals surface area (Å²) in [5, 5.41) is 0. The minimum atomic E-state index is -3.45. The van der Waals surface area contributed by atoms with Gasteiger partial charge in [-0.15, -0.1) is 0 Å². The molecular formula is C26H27O6Sb. The minimum absolute atomic E-state index is 0.561. The normalized spacial score (nSPS) is 12.5. The van der Waals surface area contributed by atoms with Crippen molar-refractivity contribution in [2.45, 2.75) is 39.9 Å². The van der Waals surface area contributed by atoms with Crippen LogP contribution >= 0.6 is 0 Å². The number of carbonyl (C=O) groups excluding carboxylic acids is 2. The van der Waals surface area contributed by atoms with Crippen LogP contribution < -0.4 is 13.0 Å². The van der Waals surface area contributed by atoms with Crippen LogP contribution in [0.2, 0.25) is 0 Å². The molecule has 7 heteroatoms. The first-order chi connectivity index (χ1) is 15.8. The van der Waals surface area contributed by atoms with Crippen molar-refractivity contribution in [1.82, 2.24) is 0 Å². The van der Waals surface area contributed by atoms with Gasteiger partial charge in [0.15, 0.2) is 0 Å². The third-order valence-corrected chi connectivity index (χ3v) is 8.67. The van der Waals surface area contributed by atoms with Crippen molar-refractivity contribution < 1.29 is 25.1 Å². The Morgan fingerprint density at radius 1 is 0.636 bits per heavy atom. The molecule has 0 N–H and O–H groups in total. The van der Waals surface area contributed by atoms with E-state index < -0.39 is 45.2 Å². The predicted octanol–water partition coefficient (Wildman–Crippen LogP) is 4.02. The fourth-order valence-electron chi connectivity index (χ4n) is 2.72. The Morgan fingerprint density at radius 3 is 1.42 bits per heavy atom. The summed E-state index contributed by atoms with van der Waals surface area (Å²) in [5.74, 6) is -0.0412. The summed E-state index contributed by atoms with van der Waals surface area (Å²) in [6.07, 6.45) is -1.72. The summed E-state index contributed by atoms with van der Waals surface area (Å²) in [6.45, 7) is 7.15. The molecule has 0 aliphatic carbocycles. The molecule has 0 bridgehead atoms. The molecular weight excluding hydrogens is 530 g/mol. The van der Waals surface area contributed by atoms with Gasteiger partial charge in [-0.25, -0.2) is 0 Å². The Bertz CT molecular complexity index is 983. The first kappa shape index (κ1) is 24.7. The zero-order valence-electron chi connectivity index (χ0n) is 19.1. The van der Waals surface area contributed by atoms with Crippen LogP contribution in [0.4, 0.5) is 0 Å². The number of benzene rings is 3. The van der Waals surface area contributed by atoms with Crippen LogP contribution in [0.25, 0.3) is 0 Å². The molecule has 0 aromatic heterocycles. The summed E-state index contributed by atoms with van der Waals surface area (Å²) in [4.78, 5) is 25.5. The Hall–Kier alpha value is -2.98. The van der Waals surface area contributed by atoms with E-state index in [0.717, 1.165) is 11.1 Å². The summed E-state index contributed by atoms with van der Waals surface area (Å²) >= 11 is -3.45. The van der Waals surface area contributed by atoms with Crippen LogP contribution in [0.5, 0.6) is 11.5 Å². The molecule has 0 aliphatic heterocycles. The zero-order valence-corrected chi connectivity index (χ0v) is 21.6. The van der Waals surface area contributed by atoms with Gasteiger partial charge >= 0.3 is 203 Å². The quantitative estimate of drug-likeness (QED) is 0.371. The summed E-state index contributed by atoms with van der Waals surface area (Å²) in [7, 11) is 0. The maximum atomic E-state index is 12.7. The second-order valence-corrected chi connectivity index (χ2v) is 11.5. The van der Waals surface area contributed by atoms with Crippen molar-refractivity contribution >= 4 is 36.5 Å². The van der Waals surface area contributed by atoms with Crippen molar-refractivity contribution in [2.75, 3.05) is 0 Å². The van der Waals surface area contributed by atoms with Crippen LogP contribution in [-0.2, 0) is 15.6 Å². The maximum absolute atomic E-state index is 12.7. The first-order valence-corrected chi connectivity index (χ1v) is 13.9. The topological polar surface area (TPSA) is 71.1 Å². The van der Waals surface area contributed by atoms with Crippen LogP contribution in [0, 0.1) is 13.8 Å². The molecule has 2 unspecified atom stereocenters. The molecule has 33 heavy (non-hydrogen) atoms. The van der Waals surface area contributed by atoms with Crippen molar-refractivity contribution in [1.29, 1.82) is 0 Å². The molecule has 0 amide bonds. The van der Waals surface area contributed by atoms with E-state index in [0.29, 0.717) is 15.0 Å². The van der Waals surface area contributed by atoms with Crippen LogP contribution in [0.1, 0.15) is 25.0 Å². The Kier molecular flexibility index (Phi) is 8.78. The number of aryl methyl sites for hydroxylation is 2. The zero-order chi connectivity index (χ0) is 23.8. The Balaban J connectivity index is 1.66. The third kappa shape index (κ3) is 7.54. The monoisotopic (exact) mass is 556 g/mol. The van der Waals surface area contributed by atoms with E-state index in [4.69, 9.17) is 15.5 Å². The van der Waals surface area contributed by atoms with Gasteiger partial charge < -0.3 is 0 Å². The molecule has 3 aromatic carbocycles. The molecule has 6 nitrogen and oxygen atoms in total. The predicted molar refractivity (Wildman–Crippen MR) is 127 cm³/mol. The second kappa shape index (κ2) is 11.8. The fourth-order valence-corrected chi connectivity index (χ4v) is 6.40. The van der Waals surface area contributed by atoms with E-state index in [1.54, 1.807) is 50.2 Å². The molecule has 0 heterocycles. The van der Waals surface area contributed by atoms with Crippen LogP contribution in [0.3, 0.4) is 0 Å². The summed E-state index contributed by atoms with van der Waals surface area (Å²) in [6, 6.07) is 23.8. The molecule has 2 atom stereocenters. The Morgan fingerprint density at radius 2 is 1.03 bits per heavy atom. The van der Waals surface area contributed by atoms with Gasteiger partial charge in [0, 0.05) is 0 Å².